The van der Waals surface area contributed by atoms with Crippen LogP contribution >= 0.6 is 0 Å². The summed E-state index contributed by atoms with van der Waals surface area (Å²) < 4.78 is 32.5. The lowest BCUT2D eigenvalue weighted by Crippen LogP contribution is -3.10. The number of benzene rings is 2. The fraction of sp³-hybridized carbons (Fsp3) is 0.381. The fourth-order valence-corrected chi connectivity index (χ4v) is 4.68. The third-order valence-electron chi connectivity index (χ3n) is 4.97. The molecule has 0 aliphatic carbocycles. The van der Waals surface area contributed by atoms with Gasteiger partial charge in [0.25, 0.3) is 5.91 Å². The summed E-state index contributed by atoms with van der Waals surface area (Å²) in [7, 11) is -1.54. The Morgan fingerprint density at radius 1 is 0.966 bits per heavy atom. The molecule has 1 atom stereocenters. The molecule has 29 heavy (non-hydrogen) atoms. The van der Waals surface area contributed by atoms with Gasteiger partial charge in [-0.3, -0.25) is 4.79 Å². The van der Waals surface area contributed by atoms with Gasteiger partial charge in [0.1, 0.15) is 18.9 Å². The zero-order valence-electron chi connectivity index (χ0n) is 16.7. The number of amides is 1. The van der Waals surface area contributed by atoms with Crippen molar-refractivity contribution in [2.45, 2.75) is 4.90 Å². The van der Waals surface area contributed by atoms with E-state index in [4.69, 9.17) is 4.74 Å². The number of sulfonamides is 1. The van der Waals surface area contributed by atoms with Gasteiger partial charge in [0.15, 0.2) is 6.54 Å². The number of likely N-dealkylation sites (N-methyl/N-ethyl adjacent to an activating group) is 1. The molecule has 1 N–H and O–H groups in total. The van der Waals surface area contributed by atoms with Crippen molar-refractivity contribution in [1.82, 2.24) is 9.21 Å². The maximum absolute atomic E-state index is 12.7. The lowest BCUT2D eigenvalue weighted by Gasteiger charge is -2.34. The molecule has 1 saturated heterocycles. The maximum atomic E-state index is 12.7. The van der Waals surface area contributed by atoms with Crippen LogP contribution in [0.3, 0.4) is 0 Å². The summed E-state index contributed by atoms with van der Waals surface area (Å²) in [5, 5.41) is 0. The van der Waals surface area contributed by atoms with Crippen LogP contribution in [0.1, 0.15) is 0 Å². The van der Waals surface area contributed by atoms with Gasteiger partial charge in [-0.2, -0.15) is 4.31 Å². The molecular weight excluding hydrogens is 390 g/mol. The van der Waals surface area contributed by atoms with E-state index in [0.29, 0.717) is 50.8 Å². The second-order valence-electron chi connectivity index (χ2n) is 7.14. The highest BCUT2D eigenvalue weighted by atomic mass is 32.2. The van der Waals surface area contributed by atoms with E-state index < -0.39 is 10.0 Å². The number of rotatable bonds is 8. The number of nitrogens with zero attached hydrogens (tertiary/aromatic N) is 2. The second-order valence-corrected chi connectivity index (χ2v) is 9.08. The number of hydrogen-bond donors (Lipinski definition) is 1. The van der Waals surface area contributed by atoms with Crippen LogP contribution in [-0.4, -0.2) is 76.5 Å². The van der Waals surface area contributed by atoms with Gasteiger partial charge >= 0.3 is 0 Å². The minimum Gasteiger partial charge on any atom is -0.488 e. The topological polar surface area (TPSA) is 71.4 Å². The quantitative estimate of drug-likeness (QED) is 0.661. The van der Waals surface area contributed by atoms with Gasteiger partial charge in [-0.05, 0) is 24.3 Å². The van der Waals surface area contributed by atoms with Crippen LogP contribution in [0.2, 0.25) is 0 Å². The highest BCUT2D eigenvalue weighted by Gasteiger charge is 2.30. The molecule has 0 spiro atoms. The molecule has 2 aromatic rings. The predicted molar refractivity (Wildman–Crippen MR) is 110 cm³/mol. The Kier molecular flexibility index (Phi) is 7.24. The SMILES string of the molecule is C[NH+](CCOc1ccccc1)CC(=O)N1CCN(S(=O)(=O)c2ccccc2)CC1. The minimum absolute atomic E-state index is 0.0407. The number of carbonyl (C=O) groups excluding carboxylic acids is 1. The third-order valence-corrected chi connectivity index (χ3v) is 6.88. The van der Waals surface area contributed by atoms with E-state index >= 15 is 0 Å². The minimum atomic E-state index is -3.50. The molecule has 1 aliphatic heterocycles. The Morgan fingerprint density at radius 3 is 2.17 bits per heavy atom. The van der Waals surface area contributed by atoms with Crippen molar-refractivity contribution in [2.75, 3.05) is 52.9 Å². The van der Waals surface area contributed by atoms with Crippen molar-refractivity contribution >= 4 is 15.9 Å². The molecule has 1 heterocycles. The smallest absolute Gasteiger partial charge is 0.277 e. The summed E-state index contributed by atoms with van der Waals surface area (Å²) in [6, 6.07) is 18.0. The number of ether oxygens (including phenoxy) is 1. The van der Waals surface area contributed by atoms with E-state index in [1.165, 1.54) is 4.31 Å². The molecule has 1 unspecified atom stereocenters. The zero-order chi connectivity index (χ0) is 20.7. The van der Waals surface area contributed by atoms with Crippen molar-refractivity contribution in [3.05, 3.63) is 60.7 Å². The molecule has 0 saturated carbocycles. The molecule has 1 fully saturated rings. The Hall–Kier alpha value is -2.42. The number of nitrogens with one attached hydrogen (secondary N) is 1. The molecule has 3 rings (SSSR count). The molecule has 0 aromatic heterocycles. The van der Waals surface area contributed by atoms with E-state index in [1.807, 2.05) is 37.4 Å². The average molecular weight is 419 g/mol. The van der Waals surface area contributed by atoms with Crippen LogP contribution in [0.4, 0.5) is 0 Å². The Bertz CT molecular complexity index is 883. The van der Waals surface area contributed by atoms with Gasteiger partial charge in [-0.1, -0.05) is 36.4 Å². The summed E-state index contributed by atoms with van der Waals surface area (Å²) in [4.78, 5) is 15.7. The maximum Gasteiger partial charge on any atom is 0.277 e. The average Bonchev–Trinajstić information content (AvgIpc) is 2.75. The fourth-order valence-electron chi connectivity index (χ4n) is 3.24. The standard InChI is InChI=1S/C21H27N3O4S/c1-22(16-17-28-19-8-4-2-5-9-19)18-21(25)23-12-14-24(15-13-23)29(26,27)20-10-6-3-7-11-20/h2-11H,12-18H2,1H3/p+1. The molecule has 7 nitrogen and oxygen atoms in total. The van der Waals surface area contributed by atoms with Crippen molar-refractivity contribution in [3.63, 3.8) is 0 Å². The largest absolute Gasteiger partial charge is 0.488 e. The van der Waals surface area contributed by atoms with E-state index in [-0.39, 0.29) is 5.91 Å². The number of hydrogen-bond acceptors (Lipinski definition) is 4. The van der Waals surface area contributed by atoms with Crippen molar-refractivity contribution < 1.29 is 22.8 Å². The Morgan fingerprint density at radius 2 is 1.55 bits per heavy atom. The summed E-state index contributed by atoms with van der Waals surface area (Å²) in [6.07, 6.45) is 0. The van der Waals surface area contributed by atoms with Crippen LogP contribution in [0.25, 0.3) is 0 Å². The first kappa shape index (κ1) is 21.3. The van der Waals surface area contributed by atoms with Gasteiger partial charge < -0.3 is 14.5 Å². The highest BCUT2D eigenvalue weighted by Crippen LogP contribution is 2.17. The summed E-state index contributed by atoms with van der Waals surface area (Å²) >= 11 is 0. The first-order chi connectivity index (χ1) is 14.0. The van der Waals surface area contributed by atoms with Crippen LogP contribution in [0, 0.1) is 0 Å². The lowest BCUT2D eigenvalue weighted by atomic mass is 10.3. The van der Waals surface area contributed by atoms with Crippen molar-refractivity contribution in [2.24, 2.45) is 0 Å². The molecule has 0 radical (unpaired) electrons. The van der Waals surface area contributed by atoms with Crippen LogP contribution in [0.5, 0.6) is 5.75 Å². The van der Waals surface area contributed by atoms with Gasteiger partial charge in [0, 0.05) is 26.2 Å². The summed E-state index contributed by atoms with van der Waals surface area (Å²) in [5.41, 5.74) is 0. The Balaban J connectivity index is 1.42. The zero-order valence-corrected chi connectivity index (χ0v) is 17.5. The van der Waals surface area contributed by atoms with Crippen molar-refractivity contribution in [3.8, 4) is 5.75 Å². The summed E-state index contributed by atoms with van der Waals surface area (Å²) in [5.74, 6) is 0.862. The lowest BCUT2D eigenvalue weighted by molar-refractivity contribution is -0.871. The van der Waals surface area contributed by atoms with Crippen LogP contribution in [0.15, 0.2) is 65.6 Å². The molecule has 0 bridgehead atoms. The monoisotopic (exact) mass is 418 g/mol. The molecular formula is C21H28N3O4S+. The van der Waals surface area contributed by atoms with Gasteiger partial charge in [-0.25, -0.2) is 8.42 Å². The van der Waals surface area contributed by atoms with Gasteiger partial charge in [0.05, 0.1) is 11.9 Å². The first-order valence-corrected chi connectivity index (χ1v) is 11.2. The highest BCUT2D eigenvalue weighted by molar-refractivity contribution is 7.89. The van der Waals surface area contributed by atoms with Crippen LogP contribution in [-0.2, 0) is 14.8 Å². The Labute approximate surface area is 172 Å². The number of piperazine rings is 1. The molecule has 2 aromatic carbocycles. The third kappa shape index (κ3) is 5.79. The number of carbonyl (C=O) groups is 1. The number of quaternary nitrogens is 1. The van der Waals surface area contributed by atoms with Crippen molar-refractivity contribution in [1.29, 1.82) is 0 Å². The van der Waals surface area contributed by atoms with E-state index in [2.05, 4.69) is 0 Å². The van der Waals surface area contributed by atoms with Gasteiger partial charge in [-0.15, -0.1) is 0 Å². The van der Waals surface area contributed by atoms with E-state index in [1.54, 1.807) is 35.2 Å². The first-order valence-electron chi connectivity index (χ1n) is 9.79. The molecule has 8 heteroatoms. The normalized spacial score (nSPS) is 16.4. The van der Waals surface area contributed by atoms with E-state index in [9.17, 15) is 13.2 Å². The second kappa shape index (κ2) is 9.87. The molecule has 1 aliphatic rings. The van der Waals surface area contributed by atoms with Crippen LogP contribution < -0.4 is 9.64 Å². The van der Waals surface area contributed by atoms with Gasteiger partial charge in [0.2, 0.25) is 10.0 Å². The van der Waals surface area contributed by atoms with E-state index in [0.717, 1.165) is 10.6 Å². The molecule has 156 valence electrons. The number of para-hydroxylation sites is 1. The summed E-state index contributed by atoms with van der Waals surface area (Å²) in [6.45, 7) is 3.08. The predicted octanol–water partition coefficient (Wildman–Crippen LogP) is 0.113. The molecule has 1 amide bonds.